The second-order valence-electron chi connectivity index (χ2n) is 6.12. The predicted octanol–water partition coefficient (Wildman–Crippen LogP) is 3.01. The van der Waals surface area contributed by atoms with Crippen LogP contribution >= 0.6 is 11.6 Å². The lowest BCUT2D eigenvalue weighted by Crippen LogP contribution is -2.28. The molecule has 0 aliphatic carbocycles. The second-order valence-corrected chi connectivity index (χ2v) is 6.56. The van der Waals surface area contributed by atoms with Gasteiger partial charge in [-0.25, -0.2) is 0 Å². The molecule has 0 saturated heterocycles. The monoisotopic (exact) mass is 380 g/mol. The number of benzene rings is 2. The normalized spacial score (nSPS) is 11.0. The summed E-state index contributed by atoms with van der Waals surface area (Å²) in [5.74, 6) is 0.445. The minimum atomic E-state index is -0.171. The molecule has 1 amide bonds. The summed E-state index contributed by atoms with van der Waals surface area (Å²) in [5.41, 5.74) is 2.21. The zero-order valence-corrected chi connectivity index (χ0v) is 15.4. The predicted molar refractivity (Wildman–Crippen MR) is 103 cm³/mol. The SMILES string of the molecule is Cc1nnnn1-c1ccccc1C(=O)NCCn1ccc2ccc(Cl)cc21. The zero-order valence-electron chi connectivity index (χ0n) is 14.6. The fraction of sp³-hybridized carbons (Fsp3) is 0.158. The van der Waals surface area contributed by atoms with Crippen LogP contribution in [0.5, 0.6) is 0 Å². The first-order chi connectivity index (χ1) is 13.1. The minimum absolute atomic E-state index is 0.171. The molecule has 8 heteroatoms. The number of halogens is 1. The topological polar surface area (TPSA) is 77.6 Å². The van der Waals surface area contributed by atoms with E-state index >= 15 is 0 Å². The highest BCUT2D eigenvalue weighted by atomic mass is 35.5. The number of fused-ring (bicyclic) bond motifs is 1. The van der Waals surface area contributed by atoms with Crippen molar-refractivity contribution in [3.63, 3.8) is 0 Å². The van der Waals surface area contributed by atoms with Gasteiger partial charge in [0.1, 0.15) is 0 Å². The molecule has 0 saturated carbocycles. The van der Waals surface area contributed by atoms with Gasteiger partial charge in [-0.3, -0.25) is 4.79 Å². The quantitative estimate of drug-likeness (QED) is 0.577. The van der Waals surface area contributed by atoms with Gasteiger partial charge < -0.3 is 9.88 Å². The fourth-order valence-corrected chi connectivity index (χ4v) is 3.21. The van der Waals surface area contributed by atoms with E-state index in [9.17, 15) is 4.79 Å². The van der Waals surface area contributed by atoms with Gasteiger partial charge in [0, 0.05) is 29.8 Å². The molecule has 4 aromatic rings. The van der Waals surface area contributed by atoms with Crippen molar-refractivity contribution < 1.29 is 4.79 Å². The van der Waals surface area contributed by atoms with E-state index in [2.05, 4.69) is 25.4 Å². The molecule has 0 spiro atoms. The van der Waals surface area contributed by atoms with Gasteiger partial charge in [0.05, 0.1) is 11.3 Å². The van der Waals surface area contributed by atoms with Crippen molar-refractivity contribution in [2.45, 2.75) is 13.5 Å². The maximum absolute atomic E-state index is 12.7. The first-order valence-electron chi connectivity index (χ1n) is 8.50. The molecule has 2 aromatic heterocycles. The Hall–Kier alpha value is -3.19. The highest BCUT2D eigenvalue weighted by Crippen LogP contribution is 2.20. The van der Waals surface area contributed by atoms with E-state index in [-0.39, 0.29) is 5.91 Å². The number of carbonyl (C=O) groups excluding carboxylic acids is 1. The third-order valence-corrected chi connectivity index (χ3v) is 4.61. The van der Waals surface area contributed by atoms with Gasteiger partial charge in [-0.15, -0.1) is 5.10 Å². The Morgan fingerprint density at radius 1 is 1.19 bits per heavy atom. The van der Waals surface area contributed by atoms with Crippen LogP contribution in [0.25, 0.3) is 16.6 Å². The lowest BCUT2D eigenvalue weighted by Gasteiger charge is -2.11. The molecule has 4 rings (SSSR count). The molecular weight excluding hydrogens is 364 g/mol. The van der Waals surface area contributed by atoms with E-state index in [0.717, 1.165) is 10.9 Å². The van der Waals surface area contributed by atoms with Gasteiger partial charge >= 0.3 is 0 Å². The van der Waals surface area contributed by atoms with E-state index in [4.69, 9.17) is 11.6 Å². The van der Waals surface area contributed by atoms with Crippen LogP contribution in [0.2, 0.25) is 5.02 Å². The molecule has 0 fully saturated rings. The van der Waals surface area contributed by atoms with E-state index in [0.29, 0.717) is 35.2 Å². The van der Waals surface area contributed by atoms with Gasteiger partial charge in [0.2, 0.25) is 0 Å². The summed E-state index contributed by atoms with van der Waals surface area (Å²) in [5, 5.41) is 16.3. The molecule has 0 unspecified atom stereocenters. The van der Waals surface area contributed by atoms with Gasteiger partial charge in [-0.1, -0.05) is 29.8 Å². The Morgan fingerprint density at radius 2 is 2.04 bits per heavy atom. The van der Waals surface area contributed by atoms with Crippen molar-refractivity contribution in [1.29, 1.82) is 0 Å². The molecular formula is C19H17ClN6O. The van der Waals surface area contributed by atoms with Crippen molar-refractivity contribution >= 4 is 28.4 Å². The molecule has 0 atom stereocenters. The Bertz CT molecular complexity index is 1120. The van der Waals surface area contributed by atoms with Crippen molar-refractivity contribution in [3.8, 4) is 5.69 Å². The number of hydrogen-bond acceptors (Lipinski definition) is 4. The summed E-state index contributed by atoms with van der Waals surface area (Å²) in [6, 6.07) is 15.1. The number of amides is 1. The molecule has 0 bridgehead atoms. The highest BCUT2D eigenvalue weighted by Gasteiger charge is 2.14. The third-order valence-electron chi connectivity index (χ3n) is 4.38. The standard InChI is InChI=1S/C19H17ClN6O/c1-13-22-23-24-26(13)17-5-3-2-4-16(17)19(27)21-9-11-25-10-8-14-6-7-15(20)12-18(14)25/h2-8,10,12H,9,11H2,1H3,(H,21,27). The van der Waals surface area contributed by atoms with E-state index < -0.39 is 0 Å². The number of nitrogens with one attached hydrogen (secondary N) is 1. The highest BCUT2D eigenvalue weighted by molar-refractivity contribution is 6.31. The van der Waals surface area contributed by atoms with Crippen LogP contribution < -0.4 is 5.32 Å². The van der Waals surface area contributed by atoms with Gasteiger partial charge in [0.25, 0.3) is 5.91 Å². The van der Waals surface area contributed by atoms with E-state index in [1.165, 1.54) is 0 Å². The van der Waals surface area contributed by atoms with Crippen molar-refractivity contribution in [2.75, 3.05) is 6.54 Å². The van der Waals surface area contributed by atoms with Crippen LogP contribution in [0.3, 0.4) is 0 Å². The summed E-state index contributed by atoms with van der Waals surface area (Å²) >= 11 is 6.09. The molecule has 7 nitrogen and oxygen atoms in total. The van der Waals surface area contributed by atoms with E-state index in [1.807, 2.05) is 48.7 Å². The molecule has 1 N–H and O–H groups in total. The van der Waals surface area contributed by atoms with Crippen molar-refractivity contribution in [1.82, 2.24) is 30.1 Å². The molecule has 0 radical (unpaired) electrons. The smallest absolute Gasteiger partial charge is 0.253 e. The van der Waals surface area contributed by atoms with Crippen LogP contribution in [-0.4, -0.2) is 37.2 Å². The molecule has 0 aliphatic rings. The van der Waals surface area contributed by atoms with Crippen molar-refractivity contribution in [3.05, 3.63) is 71.1 Å². The first kappa shape index (κ1) is 17.2. The van der Waals surface area contributed by atoms with Crippen LogP contribution in [0.1, 0.15) is 16.2 Å². The summed E-state index contributed by atoms with van der Waals surface area (Å²) in [7, 11) is 0. The van der Waals surface area contributed by atoms with Crippen LogP contribution in [0.4, 0.5) is 0 Å². The number of rotatable bonds is 5. The lowest BCUT2D eigenvalue weighted by molar-refractivity contribution is 0.0952. The summed E-state index contributed by atoms with van der Waals surface area (Å²) < 4.78 is 3.62. The molecule has 136 valence electrons. The lowest BCUT2D eigenvalue weighted by atomic mass is 10.1. The fourth-order valence-electron chi connectivity index (χ4n) is 3.04. The summed E-state index contributed by atoms with van der Waals surface area (Å²) in [6.07, 6.45) is 1.99. The third kappa shape index (κ3) is 3.41. The summed E-state index contributed by atoms with van der Waals surface area (Å²) in [6.45, 7) is 2.91. The Kier molecular flexibility index (Phi) is 4.60. The summed E-state index contributed by atoms with van der Waals surface area (Å²) in [4.78, 5) is 12.7. The Balaban J connectivity index is 1.49. The van der Waals surface area contributed by atoms with Crippen LogP contribution in [0.15, 0.2) is 54.7 Å². The maximum Gasteiger partial charge on any atom is 0.253 e. The first-order valence-corrected chi connectivity index (χ1v) is 8.88. The van der Waals surface area contributed by atoms with Gasteiger partial charge in [0.15, 0.2) is 5.82 Å². The minimum Gasteiger partial charge on any atom is -0.350 e. The van der Waals surface area contributed by atoms with Crippen molar-refractivity contribution in [2.24, 2.45) is 0 Å². The number of tetrazole rings is 1. The largest absolute Gasteiger partial charge is 0.350 e. The average Bonchev–Trinajstić information content (AvgIpc) is 3.27. The molecule has 2 aromatic carbocycles. The number of aryl methyl sites for hydroxylation is 1. The zero-order chi connectivity index (χ0) is 18.8. The number of nitrogens with zero attached hydrogens (tertiary/aromatic N) is 5. The number of carbonyl (C=O) groups is 1. The average molecular weight is 381 g/mol. The molecule has 27 heavy (non-hydrogen) atoms. The van der Waals surface area contributed by atoms with Crippen LogP contribution in [0, 0.1) is 6.92 Å². The second kappa shape index (κ2) is 7.20. The van der Waals surface area contributed by atoms with Crippen LogP contribution in [-0.2, 0) is 6.54 Å². The Morgan fingerprint density at radius 3 is 2.85 bits per heavy atom. The maximum atomic E-state index is 12.7. The van der Waals surface area contributed by atoms with Gasteiger partial charge in [-0.2, -0.15) is 4.68 Å². The number of para-hydroxylation sites is 1. The molecule has 0 aliphatic heterocycles. The number of aromatic nitrogens is 5. The van der Waals surface area contributed by atoms with Gasteiger partial charge in [-0.05, 0) is 53.1 Å². The number of hydrogen-bond donors (Lipinski definition) is 1. The van der Waals surface area contributed by atoms with E-state index in [1.54, 1.807) is 17.7 Å². The Labute approximate surface area is 160 Å². The molecule has 2 heterocycles.